The van der Waals surface area contributed by atoms with Crippen LogP contribution in [0.15, 0.2) is 0 Å². The quantitative estimate of drug-likeness (QED) is 0.594. The third-order valence-corrected chi connectivity index (χ3v) is 4.41. The van der Waals surface area contributed by atoms with Crippen molar-refractivity contribution < 1.29 is 0 Å². The fraction of sp³-hybridized carbons (Fsp3) is 1.00. The molecule has 0 spiro atoms. The number of rotatable bonds is 4. The first-order valence-corrected chi connectivity index (χ1v) is 6.16. The Morgan fingerprint density at radius 3 is 1.92 bits per heavy atom. The smallest absolute Gasteiger partial charge is 0.0269 e. The molecule has 0 aliphatic heterocycles. The van der Waals surface area contributed by atoms with Crippen molar-refractivity contribution in [2.75, 3.05) is 0 Å². The molecule has 1 saturated carbocycles. The molecule has 0 aromatic heterocycles. The van der Waals surface area contributed by atoms with Crippen molar-refractivity contribution in [2.45, 2.75) is 66.2 Å². The average Bonchev–Trinajstić information content (AvgIpc) is 2.36. The SMILES string of the molecule is CCCC1(CCC)CCC(C)C1C. The fourth-order valence-electron chi connectivity index (χ4n) is 3.42. The van der Waals surface area contributed by atoms with Gasteiger partial charge in [-0.2, -0.15) is 0 Å². The van der Waals surface area contributed by atoms with Gasteiger partial charge in [0, 0.05) is 0 Å². The Kier molecular flexibility index (Phi) is 3.82. The minimum Gasteiger partial charge on any atom is -0.0654 e. The highest BCUT2D eigenvalue weighted by atomic mass is 14.5. The van der Waals surface area contributed by atoms with Gasteiger partial charge >= 0.3 is 0 Å². The highest BCUT2D eigenvalue weighted by molar-refractivity contribution is 4.92. The lowest BCUT2D eigenvalue weighted by atomic mass is 9.70. The molecule has 0 aromatic carbocycles. The Labute approximate surface area is 84.1 Å². The summed E-state index contributed by atoms with van der Waals surface area (Å²) in [5.41, 5.74) is 0.725. The summed E-state index contributed by atoms with van der Waals surface area (Å²) >= 11 is 0. The third-order valence-electron chi connectivity index (χ3n) is 4.41. The van der Waals surface area contributed by atoms with E-state index in [-0.39, 0.29) is 0 Å². The standard InChI is InChI=1S/C13H26/c1-5-8-13(9-6-2)10-7-11(3)12(13)4/h11-12H,5-10H2,1-4H3. The molecule has 1 aliphatic carbocycles. The van der Waals surface area contributed by atoms with E-state index < -0.39 is 0 Å². The van der Waals surface area contributed by atoms with Crippen molar-refractivity contribution in [1.82, 2.24) is 0 Å². The zero-order chi connectivity index (χ0) is 9.90. The summed E-state index contributed by atoms with van der Waals surface area (Å²) < 4.78 is 0. The van der Waals surface area contributed by atoms with Crippen LogP contribution in [0.2, 0.25) is 0 Å². The summed E-state index contributed by atoms with van der Waals surface area (Å²) in [6.07, 6.45) is 8.64. The van der Waals surface area contributed by atoms with E-state index in [0.29, 0.717) is 0 Å². The Balaban J connectivity index is 2.66. The average molecular weight is 182 g/mol. The van der Waals surface area contributed by atoms with E-state index in [4.69, 9.17) is 0 Å². The third kappa shape index (κ3) is 2.08. The van der Waals surface area contributed by atoms with Crippen molar-refractivity contribution in [1.29, 1.82) is 0 Å². The van der Waals surface area contributed by atoms with Crippen molar-refractivity contribution in [3.63, 3.8) is 0 Å². The summed E-state index contributed by atoms with van der Waals surface area (Å²) in [5, 5.41) is 0. The lowest BCUT2D eigenvalue weighted by Crippen LogP contribution is -2.25. The zero-order valence-electron chi connectivity index (χ0n) is 9.90. The lowest BCUT2D eigenvalue weighted by Gasteiger charge is -2.35. The molecule has 2 unspecified atom stereocenters. The molecule has 0 N–H and O–H groups in total. The van der Waals surface area contributed by atoms with Gasteiger partial charge in [-0.05, 0) is 42.9 Å². The molecule has 13 heavy (non-hydrogen) atoms. The molecule has 1 rings (SSSR count). The molecule has 1 aliphatic rings. The minimum absolute atomic E-state index is 0.725. The maximum absolute atomic E-state index is 2.49. The van der Waals surface area contributed by atoms with Gasteiger partial charge in [0.05, 0.1) is 0 Å². The molecule has 78 valence electrons. The number of hydrogen-bond donors (Lipinski definition) is 0. The number of hydrogen-bond acceptors (Lipinski definition) is 0. The van der Waals surface area contributed by atoms with Crippen LogP contribution in [0, 0.1) is 17.3 Å². The van der Waals surface area contributed by atoms with Crippen molar-refractivity contribution >= 4 is 0 Å². The molecule has 0 aromatic rings. The van der Waals surface area contributed by atoms with Crippen molar-refractivity contribution in [2.24, 2.45) is 17.3 Å². The maximum Gasteiger partial charge on any atom is -0.0269 e. The van der Waals surface area contributed by atoms with Gasteiger partial charge in [-0.3, -0.25) is 0 Å². The first kappa shape index (κ1) is 11.1. The minimum atomic E-state index is 0.725. The van der Waals surface area contributed by atoms with Gasteiger partial charge in [-0.15, -0.1) is 0 Å². The van der Waals surface area contributed by atoms with E-state index in [1.165, 1.54) is 38.5 Å². The molecular weight excluding hydrogens is 156 g/mol. The van der Waals surface area contributed by atoms with E-state index in [1.54, 1.807) is 0 Å². The van der Waals surface area contributed by atoms with Gasteiger partial charge < -0.3 is 0 Å². The van der Waals surface area contributed by atoms with E-state index in [1.807, 2.05) is 0 Å². The van der Waals surface area contributed by atoms with E-state index in [0.717, 1.165) is 17.3 Å². The summed E-state index contributed by atoms with van der Waals surface area (Å²) in [6.45, 7) is 9.61. The summed E-state index contributed by atoms with van der Waals surface area (Å²) in [4.78, 5) is 0. The summed E-state index contributed by atoms with van der Waals surface area (Å²) in [7, 11) is 0. The predicted octanol–water partition coefficient (Wildman–Crippen LogP) is 4.64. The first-order chi connectivity index (χ1) is 6.16. The molecule has 0 radical (unpaired) electrons. The maximum atomic E-state index is 2.49. The molecular formula is C13H26. The van der Waals surface area contributed by atoms with Gasteiger partial charge in [0.1, 0.15) is 0 Å². The van der Waals surface area contributed by atoms with Crippen molar-refractivity contribution in [3.05, 3.63) is 0 Å². The van der Waals surface area contributed by atoms with E-state index >= 15 is 0 Å². The van der Waals surface area contributed by atoms with Gasteiger partial charge in [0.2, 0.25) is 0 Å². The van der Waals surface area contributed by atoms with Crippen LogP contribution in [0.4, 0.5) is 0 Å². The van der Waals surface area contributed by atoms with Crippen LogP contribution in [0.3, 0.4) is 0 Å². The second kappa shape index (κ2) is 4.48. The second-order valence-electron chi connectivity index (χ2n) is 5.17. The Morgan fingerprint density at radius 2 is 1.62 bits per heavy atom. The molecule has 0 saturated heterocycles. The molecule has 0 heteroatoms. The highest BCUT2D eigenvalue weighted by Gasteiger charge is 2.42. The Morgan fingerprint density at radius 1 is 1.08 bits per heavy atom. The van der Waals surface area contributed by atoms with Crippen LogP contribution in [-0.4, -0.2) is 0 Å². The Bertz CT molecular complexity index is 137. The monoisotopic (exact) mass is 182 g/mol. The lowest BCUT2D eigenvalue weighted by molar-refractivity contribution is 0.155. The molecule has 0 bridgehead atoms. The normalized spacial score (nSPS) is 32.3. The van der Waals surface area contributed by atoms with Crippen LogP contribution >= 0.6 is 0 Å². The van der Waals surface area contributed by atoms with Crippen molar-refractivity contribution in [3.8, 4) is 0 Å². The summed E-state index contributed by atoms with van der Waals surface area (Å²) in [6, 6.07) is 0. The molecule has 1 fully saturated rings. The second-order valence-corrected chi connectivity index (χ2v) is 5.17. The largest absolute Gasteiger partial charge is 0.0654 e. The van der Waals surface area contributed by atoms with Gasteiger partial charge in [0.15, 0.2) is 0 Å². The Hall–Kier alpha value is 0. The zero-order valence-corrected chi connectivity index (χ0v) is 9.90. The van der Waals surface area contributed by atoms with Crippen LogP contribution < -0.4 is 0 Å². The first-order valence-electron chi connectivity index (χ1n) is 6.16. The molecule has 0 nitrogen and oxygen atoms in total. The highest BCUT2D eigenvalue weighted by Crippen LogP contribution is 2.52. The topological polar surface area (TPSA) is 0 Å². The fourth-order valence-corrected chi connectivity index (χ4v) is 3.42. The van der Waals surface area contributed by atoms with Crippen LogP contribution in [-0.2, 0) is 0 Å². The van der Waals surface area contributed by atoms with Gasteiger partial charge in [-0.25, -0.2) is 0 Å². The van der Waals surface area contributed by atoms with Gasteiger partial charge in [0.25, 0.3) is 0 Å². The predicted molar refractivity (Wildman–Crippen MR) is 59.8 cm³/mol. The molecule has 0 amide bonds. The molecule has 2 atom stereocenters. The van der Waals surface area contributed by atoms with Crippen LogP contribution in [0.25, 0.3) is 0 Å². The molecule has 0 heterocycles. The van der Waals surface area contributed by atoms with Crippen LogP contribution in [0.5, 0.6) is 0 Å². The van der Waals surface area contributed by atoms with Crippen LogP contribution in [0.1, 0.15) is 66.2 Å². The van der Waals surface area contributed by atoms with Gasteiger partial charge in [-0.1, -0.05) is 40.5 Å². The summed E-state index contributed by atoms with van der Waals surface area (Å²) in [5.74, 6) is 1.94. The van der Waals surface area contributed by atoms with E-state index in [2.05, 4.69) is 27.7 Å². The van der Waals surface area contributed by atoms with E-state index in [9.17, 15) is 0 Å².